The molecular formula is C14H11BrN2O2. The van der Waals surface area contributed by atoms with E-state index in [1.807, 2.05) is 25.1 Å². The first kappa shape index (κ1) is 13.4. The van der Waals surface area contributed by atoms with E-state index in [2.05, 4.69) is 20.9 Å². The van der Waals surface area contributed by atoms with Gasteiger partial charge in [0.15, 0.2) is 0 Å². The van der Waals surface area contributed by atoms with Gasteiger partial charge in [-0.05, 0) is 30.7 Å². The van der Waals surface area contributed by atoms with Gasteiger partial charge in [0, 0.05) is 16.8 Å². The molecule has 0 heterocycles. The Morgan fingerprint density at radius 3 is 2.68 bits per heavy atom. The lowest BCUT2D eigenvalue weighted by Gasteiger charge is -1.99. The second kappa shape index (κ2) is 5.75. The van der Waals surface area contributed by atoms with Crippen LogP contribution in [0.25, 0.3) is 0 Å². The van der Waals surface area contributed by atoms with Crippen LogP contribution in [0, 0.1) is 17.0 Å². The van der Waals surface area contributed by atoms with E-state index in [4.69, 9.17) is 0 Å². The lowest BCUT2D eigenvalue weighted by Crippen LogP contribution is -1.93. The van der Waals surface area contributed by atoms with Crippen molar-refractivity contribution in [1.82, 2.24) is 0 Å². The molecule has 0 saturated carbocycles. The Kier molecular flexibility index (Phi) is 4.06. The van der Waals surface area contributed by atoms with E-state index < -0.39 is 4.92 Å². The molecule has 0 aliphatic rings. The number of nitro benzene ring substituents is 1. The summed E-state index contributed by atoms with van der Waals surface area (Å²) in [4.78, 5) is 14.7. The molecule has 0 radical (unpaired) electrons. The predicted octanol–water partition coefficient (Wildman–Crippen LogP) is 4.42. The van der Waals surface area contributed by atoms with Gasteiger partial charge in [-0.3, -0.25) is 15.1 Å². The maximum Gasteiger partial charge on any atom is 0.278 e. The highest BCUT2D eigenvalue weighted by molar-refractivity contribution is 9.10. The Bertz CT molecular complexity index is 654. The summed E-state index contributed by atoms with van der Waals surface area (Å²) in [5.41, 5.74) is 2.40. The molecule has 0 aliphatic carbocycles. The minimum atomic E-state index is -0.410. The predicted molar refractivity (Wildman–Crippen MR) is 79.2 cm³/mol. The van der Waals surface area contributed by atoms with Gasteiger partial charge in [-0.25, -0.2) is 0 Å². The molecular weight excluding hydrogens is 308 g/mol. The van der Waals surface area contributed by atoms with Gasteiger partial charge in [0.1, 0.15) is 0 Å². The fourth-order valence-electron chi connectivity index (χ4n) is 1.57. The van der Waals surface area contributed by atoms with Crippen LogP contribution in [-0.4, -0.2) is 11.1 Å². The van der Waals surface area contributed by atoms with Crippen LogP contribution in [0.1, 0.15) is 11.1 Å². The molecule has 0 fully saturated rings. The van der Waals surface area contributed by atoms with Crippen molar-refractivity contribution in [2.75, 3.05) is 0 Å². The van der Waals surface area contributed by atoms with Crippen LogP contribution in [0.5, 0.6) is 0 Å². The highest BCUT2D eigenvalue weighted by Gasteiger charge is 2.09. The van der Waals surface area contributed by atoms with Crippen molar-refractivity contribution in [1.29, 1.82) is 0 Å². The molecule has 0 bridgehead atoms. The van der Waals surface area contributed by atoms with Crippen LogP contribution in [0.4, 0.5) is 11.4 Å². The van der Waals surface area contributed by atoms with Crippen LogP contribution >= 0.6 is 15.9 Å². The molecule has 5 heteroatoms. The van der Waals surface area contributed by atoms with Crippen molar-refractivity contribution in [3.05, 3.63) is 68.2 Å². The highest BCUT2D eigenvalue weighted by atomic mass is 79.9. The van der Waals surface area contributed by atoms with Crippen molar-refractivity contribution in [2.45, 2.75) is 6.92 Å². The average molecular weight is 319 g/mol. The largest absolute Gasteiger partial charge is 0.278 e. The molecule has 2 aromatic carbocycles. The third-order valence-electron chi connectivity index (χ3n) is 2.64. The molecule has 0 aromatic heterocycles. The van der Waals surface area contributed by atoms with Gasteiger partial charge in [-0.1, -0.05) is 34.1 Å². The zero-order valence-corrected chi connectivity index (χ0v) is 11.8. The minimum Gasteiger partial charge on any atom is -0.258 e. The number of aliphatic imine (C=N–C) groups is 1. The van der Waals surface area contributed by atoms with E-state index in [9.17, 15) is 10.1 Å². The number of hydrogen-bond acceptors (Lipinski definition) is 3. The molecule has 0 amide bonds. The van der Waals surface area contributed by atoms with Gasteiger partial charge in [-0.2, -0.15) is 0 Å². The number of rotatable bonds is 3. The fourth-order valence-corrected chi connectivity index (χ4v) is 1.94. The monoisotopic (exact) mass is 318 g/mol. The van der Waals surface area contributed by atoms with Crippen LogP contribution in [0.15, 0.2) is 51.9 Å². The van der Waals surface area contributed by atoms with Crippen LogP contribution in [-0.2, 0) is 0 Å². The Hall–Kier alpha value is -2.01. The lowest BCUT2D eigenvalue weighted by atomic mass is 10.2. The third kappa shape index (κ3) is 3.26. The second-order valence-electron chi connectivity index (χ2n) is 4.01. The number of benzene rings is 2. The standard InChI is InChI=1S/C14H11BrN2O2/c1-10-6-7-12(8-13(10)15)16-9-11-4-2-3-5-14(11)17(18)19/h2-9H,1H3. The van der Waals surface area contributed by atoms with Gasteiger partial charge in [0.25, 0.3) is 5.69 Å². The van der Waals surface area contributed by atoms with Gasteiger partial charge in [-0.15, -0.1) is 0 Å². The molecule has 4 nitrogen and oxygen atoms in total. The number of nitrogens with zero attached hydrogens (tertiary/aromatic N) is 2. The summed E-state index contributed by atoms with van der Waals surface area (Å²) in [5.74, 6) is 0. The molecule has 0 N–H and O–H groups in total. The Labute approximate surface area is 119 Å². The number of hydrogen-bond donors (Lipinski definition) is 0. The number of halogens is 1. The first-order chi connectivity index (χ1) is 9.08. The van der Waals surface area contributed by atoms with Crippen LogP contribution in [0.3, 0.4) is 0 Å². The zero-order valence-electron chi connectivity index (χ0n) is 10.2. The summed E-state index contributed by atoms with van der Waals surface area (Å²) in [6.45, 7) is 1.99. The van der Waals surface area contributed by atoms with Crippen LogP contribution < -0.4 is 0 Å². The summed E-state index contributed by atoms with van der Waals surface area (Å²) >= 11 is 3.43. The third-order valence-corrected chi connectivity index (χ3v) is 3.50. The topological polar surface area (TPSA) is 55.5 Å². The Balaban J connectivity index is 2.32. The summed E-state index contributed by atoms with van der Waals surface area (Å²) in [6.07, 6.45) is 1.51. The van der Waals surface area contributed by atoms with E-state index >= 15 is 0 Å². The highest BCUT2D eigenvalue weighted by Crippen LogP contribution is 2.23. The summed E-state index contributed by atoms with van der Waals surface area (Å²) in [6, 6.07) is 12.2. The van der Waals surface area contributed by atoms with Crippen molar-refractivity contribution in [2.24, 2.45) is 4.99 Å². The maximum absolute atomic E-state index is 10.9. The maximum atomic E-state index is 10.9. The summed E-state index contributed by atoms with van der Waals surface area (Å²) in [5, 5.41) is 10.9. The molecule has 19 heavy (non-hydrogen) atoms. The van der Waals surface area contributed by atoms with Gasteiger partial charge >= 0.3 is 0 Å². The first-order valence-corrected chi connectivity index (χ1v) is 6.41. The summed E-state index contributed by atoms with van der Waals surface area (Å²) in [7, 11) is 0. The number of para-hydroxylation sites is 1. The smallest absolute Gasteiger partial charge is 0.258 e. The van der Waals surface area contributed by atoms with Crippen molar-refractivity contribution in [3.8, 4) is 0 Å². The molecule has 2 aromatic rings. The van der Waals surface area contributed by atoms with Gasteiger partial charge < -0.3 is 0 Å². The Morgan fingerprint density at radius 1 is 1.26 bits per heavy atom. The number of nitro groups is 1. The average Bonchev–Trinajstić information content (AvgIpc) is 2.40. The van der Waals surface area contributed by atoms with Crippen molar-refractivity contribution >= 4 is 33.5 Å². The van der Waals surface area contributed by atoms with E-state index in [-0.39, 0.29) is 5.69 Å². The zero-order chi connectivity index (χ0) is 13.8. The molecule has 0 spiro atoms. The summed E-state index contributed by atoms with van der Waals surface area (Å²) < 4.78 is 0.963. The van der Waals surface area contributed by atoms with Crippen LogP contribution in [0.2, 0.25) is 0 Å². The van der Waals surface area contributed by atoms with Gasteiger partial charge in [0.2, 0.25) is 0 Å². The molecule has 96 valence electrons. The van der Waals surface area contributed by atoms with E-state index in [0.29, 0.717) is 5.56 Å². The molecule has 0 saturated heterocycles. The molecule has 0 aliphatic heterocycles. The second-order valence-corrected chi connectivity index (χ2v) is 4.86. The molecule has 0 unspecified atom stereocenters. The normalized spacial score (nSPS) is 10.8. The van der Waals surface area contributed by atoms with E-state index in [0.717, 1.165) is 15.7 Å². The molecule has 2 rings (SSSR count). The fraction of sp³-hybridized carbons (Fsp3) is 0.0714. The SMILES string of the molecule is Cc1ccc(N=Cc2ccccc2[N+](=O)[O-])cc1Br. The van der Waals surface area contributed by atoms with Gasteiger partial charge in [0.05, 0.1) is 16.2 Å². The van der Waals surface area contributed by atoms with Crippen molar-refractivity contribution < 1.29 is 4.92 Å². The van der Waals surface area contributed by atoms with E-state index in [1.165, 1.54) is 12.3 Å². The first-order valence-electron chi connectivity index (χ1n) is 5.61. The number of aryl methyl sites for hydroxylation is 1. The lowest BCUT2D eigenvalue weighted by molar-refractivity contribution is -0.385. The van der Waals surface area contributed by atoms with Crippen molar-refractivity contribution in [3.63, 3.8) is 0 Å². The van der Waals surface area contributed by atoms with E-state index in [1.54, 1.807) is 18.2 Å². The minimum absolute atomic E-state index is 0.0532. The molecule has 0 atom stereocenters. The quantitative estimate of drug-likeness (QED) is 0.478. The Morgan fingerprint density at radius 2 is 2.00 bits per heavy atom.